The third kappa shape index (κ3) is 3.31. The number of nitrogens with one attached hydrogen (secondary N) is 1. The van der Waals surface area contributed by atoms with E-state index in [9.17, 15) is 4.79 Å². The van der Waals surface area contributed by atoms with Gasteiger partial charge in [0.25, 0.3) is 0 Å². The summed E-state index contributed by atoms with van der Waals surface area (Å²) < 4.78 is 5.50. The van der Waals surface area contributed by atoms with Crippen molar-refractivity contribution < 1.29 is 9.53 Å². The van der Waals surface area contributed by atoms with Gasteiger partial charge in [-0.1, -0.05) is 18.2 Å². The molecular weight excluding hydrogens is 242 g/mol. The summed E-state index contributed by atoms with van der Waals surface area (Å²) in [6.45, 7) is 1.33. The van der Waals surface area contributed by atoms with Crippen molar-refractivity contribution in [3.63, 3.8) is 0 Å². The first-order valence-corrected chi connectivity index (χ1v) is 6.35. The second-order valence-electron chi connectivity index (χ2n) is 4.58. The standard InChI is InChI=1S/C14H17N3O2/c15-8-10-4-1-2-6-12(10)13(14(16)18)17-9-11-5-3-7-19-11/h1-2,4,6,11,13,17H,3,5,7,9H2,(H2,16,18). The van der Waals surface area contributed by atoms with Crippen LogP contribution in [-0.4, -0.2) is 25.2 Å². The van der Waals surface area contributed by atoms with Gasteiger partial charge in [0.1, 0.15) is 6.04 Å². The van der Waals surface area contributed by atoms with Gasteiger partial charge in [-0.25, -0.2) is 0 Å². The number of rotatable bonds is 5. The number of carbonyl (C=O) groups is 1. The average molecular weight is 259 g/mol. The molecule has 100 valence electrons. The van der Waals surface area contributed by atoms with E-state index in [0.717, 1.165) is 19.4 Å². The van der Waals surface area contributed by atoms with Gasteiger partial charge in [-0.3, -0.25) is 10.1 Å². The predicted octanol–water partition coefficient (Wildman–Crippen LogP) is 0.853. The molecule has 0 aromatic heterocycles. The van der Waals surface area contributed by atoms with Crippen LogP contribution in [0.4, 0.5) is 0 Å². The summed E-state index contributed by atoms with van der Waals surface area (Å²) in [5.74, 6) is -0.485. The Balaban J connectivity index is 2.11. The molecule has 2 atom stereocenters. The number of nitriles is 1. The van der Waals surface area contributed by atoms with Gasteiger partial charge in [-0.05, 0) is 24.5 Å². The minimum atomic E-state index is -0.653. The van der Waals surface area contributed by atoms with Gasteiger partial charge < -0.3 is 10.5 Å². The van der Waals surface area contributed by atoms with Crippen molar-refractivity contribution in [3.8, 4) is 6.07 Å². The lowest BCUT2D eigenvalue weighted by Crippen LogP contribution is -2.38. The van der Waals surface area contributed by atoms with E-state index in [2.05, 4.69) is 11.4 Å². The number of carbonyl (C=O) groups excluding carboxylic acids is 1. The van der Waals surface area contributed by atoms with E-state index in [-0.39, 0.29) is 6.10 Å². The van der Waals surface area contributed by atoms with Crippen LogP contribution in [0, 0.1) is 11.3 Å². The minimum Gasteiger partial charge on any atom is -0.377 e. The second kappa shape index (κ2) is 6.32. The number of ether oxygens (including phenoxy) is 1. The van der Waals surface area contributed by atoms with Gasteiger partial charge in [0.2, 0.25) is 5.91 Å². The summed E-state index contributed by atoms with van der Waals surface area (Å²) in [4.78, 5) is 11.6. The highest BCUT2D eigenvalue weighted by Gasteiger charge is 2.23. The smallest absolute Gasteiger partial charge is 0.239 e. The van der Waals surface area contributed by atoms with Crippen LogP contribution in [0.1, 0.15) is 30.0 Å². The van der Waals surface area contributed by atoms with Crippen LogP contribution in [0.5, 0.6) is 0 Å². The predicted molar refractivity (Wildman–Crippen MR) is 70.1 cm³/mol. The van der Waals surface area contributed by atoms with Gasteiger partial charge >= 0.3 is 0 Å². The molecule has 1 fully saturated rings. The zero-order valence-corrected chi connectivity index (χ0v) is 10.6. The molecule has 1 aliphatic rings. The molecule has 0 radical (unpaired) electrons. The highest BCUT2D eigenvalue weighted by molar-refractivity contribution is 5.82. The van der Waals surface area contributed by atoms with E-state index in [1.54, 1.807) is 24.3 Å². The molecule has 0 bridgehead atoms. The summed E-state index contributed by atoms with van der Waals surface area (Å²) in [7, 11) is 0. The molecule has 1 aromatic rings. The molecule has 0 saturated carbocycles. The van der Waals surface area contributed by atoms with Crippen molar-refractivity contribution in [2.45, 2.75) is 25.0 Å². The fraction of sp³-hybridized carbons (Fsp3) is 0.429. The number of benzene rings is 1. The van der Waals surface area contributed by atoms with Crippen LogP contribution >= 0.6 is 0 Å². The molecule has 1 saturated heterocycles. The highest BCUT2D eigenvalue weighted by Crippen LogP contribution is 2.18. The lowest BCUT2D eigenvalue weighted by molar-refractivity contribution is -0.120. The second-order valence-corrected chi connectivity index (χ2v) is 4.58. The van der Waals surface area contributed by atoms with Crippen molar-refractivity contribution in [1.29, 1.82) is 5.26 Å². The van der Waals surface area contributed by atoms with Crippen molar-refractivity contribution in [2.75, 3.05) is 13.2 Å². The first kappa shape index (κ1) is 13.5. The Labute approximate surface area is 112 Å². The number of primary amides is 1. The van der Waals surface area contributed by atoms with Gasteiger partial charge in [-0.2, -0.15) is 5.26 Å². The van der Waals surface area contributed by atoms with Crippen molar-refractivity contribution >= 4 is 5.91 Å². The summed E-state index contributed by atoms with van der Waals surface area (Å²) in [6, 6.07) is 8.41. The van der Waals surface area contributed by atoms with E-state index in [1.807, 2.05) is 0 Å². The van der Waals surface area contributed by atoms with Gasteiger partial charge in [0.15, 0.2) is 0 Å². The molecular formula is C14H17N3O2. The van der Waals surface area contributed by atoms with Crippen LogP contribution in [0.25, 0.3) is 0 Å². The maximum atomic E-state index is 11.6. The van der Waals surface area contributed by atoms with E-state index < -0.39 is 11.9 Å². The number of hydrogen-bond acceptors (Lipinski definition) is 4. The average Bonchev–Trinajstić information content (AvgIpc) is 2.92. The number of amides is 1. The molecule has 1 heterocycles. The van der Waals surface area contributed by atoms with Gasteiger partial charge in [0, 0.05) is 13.2 Å². The maximum absolute atomic E-state index is 11.6. The van der Waals surface area contributed by atoms with Crippen LogP contribution in [-0.2, 0) is 9.53 Å². The Morgan fingerprint density at radius 3 is 3.00 bits per heavy atom. The summed E-state index contributed by atoms with van der Waals surface area (Å²) >= 11 is 0. The summed E-state index contributed by atoms with van der Waals surface area (Å²) in [5, 5.41) is 12.2. The third-order valence-corrected chi connectivity index (χ3v) is 3.25. The lowest BCUT2D eigenvalue weighted by atomic mass is 10.0. The van der Waals surface area contributed by atoms with Crippen molar-refractivity contribution in [3.05, 3.63) is 35.4 Å². The van der Waals surface area contributed by atoms with Crippen molar-refractivity contribution in [2.24, 2.45) is 5.73 Å². The zero-order valence-electron chi connectivity index (χ0n) is 10.6. The minimum absolute atomic E-state index is 0.121. The van der Waals surface area contributed by atoms with E-state index in [4.69, 9.17) is 15.7 Å². The van der Waals surface area contributed by atoms with E-state index in [0.29, 0.717) is 17.7 Å². The largest absolute Gasteiger partial charge is 0.377 e. The molecule has 5 heteroatoms. The highest BCUT2D eigenvalue weighted by atomic mass is 16.5. The quantitative estimate of drug-likeness (QED) is 0.820. The fourth-order valence-corrected chi connectivity index (χ4v) is 2.27. The molecule has 2 rings (SSSR count). The molecule has 1 amide bonds. The van der Waals surface area contributed by atoms with Crippen LogP contribution < -0.4 is 11.1 Å². The SMILES string of the molecule is N#Cc1ccccc1C(NCC1CCCO1)C(N)=O. The Kier molecular flexibility index (Phi) is 4.50. The van der Waals surface area contributed by atoms with Gasteiger partial charge in [-0.15, -0.1) is 0 Å². The molecule has 19 heavy (non-hydrogen) atoms. The van der Waals surface area contributed by atoms with Crippen LogP contribution in [0.2, 0.25) is 0 Å². The van der Waals surface area contributed by atoms with E-state index >= 15 is 0 Å². The third-order valence-electron chi connectivity index (χ3n) is 3.25. The molecule has 0 spiro atoms. The first-order valence-electron chi connectivity index (χ1n) is 6.35. The molecule has 5 nitrogen and oxygen atoms in total. The number of nitrogens with two attached hydrogens (primary N) is 1. The van der Waals surface area contributed by atoms with Crippen LogP contribution in [0.3, 0.4) is 0 Å². The molecule has 0 aliphatic carbocycles. The molecule has 1 aliphatic heterocycles. The van der Waals surface area contributed by atoms with Gasteiger partial charge in [0.05, 0.1) is 17.7 Å². The Morgan fingerprint density at radius 1 is 1.58 bits per heavy atom. The normalized spacial score (nSPS) is 19.8. The summed E-state index contributed by atoms with van der Waals surface area (Å²) in [6.07, 6.45) is 2.15. The Morgan fingerprint density at radius 2 is 2.37 bits per heavy atom. The molecule has 1 aromatic carbocycles. The number of hydrogen-bond donors (Lipinski definition) is 2. The monoisotopic (exact) mass is 259 g/mol. The van der Waals surface area contributed by atoms with Crippen molar-refractivity contribution in [1.82, 2.24) is 5.32 Å². The van der Waals surface area contributed by atoms with E-state index in [1.165, 1.54) is 0 Å². The maximum Gasteiger partial charge on any atom is 0.239 e. The molecule has 3 N–H and O–H groups in total. The Hall–Kier alpha value is -1.90. The topological polar surface area (TPSA) is 88.1 Å². The zero-order chi connectivity index (χ0) is 13.7. The molecule has 2 unspecified atom stereocenters. The Bertz CT molecular complexity index is 490. The number of nitrogens with zero attached hydrogens (tertiary/aromatic N) is 1. The fourth-order valence-electron chi connectivity index (χ4n) is 2.27. The lowest BCUT2D eigenvalue weighted by Gasteiger charge is -2.19. The summed E-state index contributed by atoms with van der Waals surface area (Å²) in [5.41, 5.74) is 6.51. The van der Waals surface area contributed by atoms with Crippen LogP contribution in [0.15, 0.2) is 24.3 Å². The first-order chi connectivity index (χ1) is 9.22.